The van der Waals surface area contributed by atoms with Crippen LogP contribution >= 0.6 is 0 Å². The highest BCUT2D eigenvalue weighted by molar-refractivity contribution is 5.79. The van der Waals surface area contributed by atoms with Crippen molar-refractivity contribution in [3.8, 4) is 0 Å². The molecule has 5 nitrogen and oxygen atoms in total. The van der Waals surface area contributed by atoms with Gasteiger partial charge in [-0.25, -0.2) is 0 Å². The van der Waals surface area contributed by atoms with Gasteiger partial charge in [-0.3, -0.25) is 9.59 Å². The number of hydrogen-bond donors (Lipinski definition) is 0. The zero-order chi connectivity index (χ0) is 17.6. The van der Waals surface area contributed by atoms with Crippen molar-refractivity contribution in [3.63, 3.8) is 0 Å². The molecule has 3 rings (SSSR count). The number of piperazine rings is 1. The van der Waals surface area contributed by atoms with Gasteiger partial charge in [-0.05, 0) is 25.5 Å². The van der Waals surface area contributed by atoms with E-state index in [1.165, 1.54) is 5.56 Å². The third-order valence-electron chi connectivity index (χ3n) is 5.36. The van der Waals surface area contributed by atoms with Crippen molar-refractivity contribution in [2.45, 2.75) is 38.1 Å². The van der Waals surface area contributed by atoms with Crippen molar-refractivity contribution in [1.82, 2.24) is 14.7 Å². The second kappa shape index (κ2) is 8.48. The SMILES string of the molecule is CN1CCN(C(=O)CCN2CCCCCC2=O)C(c2ccccc2)C1. The summed E-state index contributed by atoms with van der Waals surface area (Å²) >= 11 is 0. The minimum atomic E-state index is 0.104. The molecule has 1 atom stereocenters. The average molecular weight is 343 g/mol. The quantitative estimate of drug-likeness (QED) is 0.842. The maximum atomic E-state index is 12.9. The number of likely N-dealkylation sites (N-methyl/N-ethyl adjacent to an activating group) is 1. The van der Waals surface area contributed by atoms with Gasteiger partial charge in [0.1, 0.15) is 0 Å². The largest absolute Gasteiger partial charge is 0.342 e. The van der Waals surface area contributed by atoms with E-state index in [0.29, 0.717) is 19.4 Å². The second-order valence-corrected chi connectivity index (χ2v) is 7.22. The average Bonchev–Trinajstić information content (AvgIpc) is 2.84. The normalized spacial score (nSPS) is 22.8. The fraction of sp³-hybridized carbons (Fsp3) is 0.600. The lowest BCUT2D eigenvalue weighted by Crippen LogP contribution is -2.50. The Labute approximate surface area is 150 Å². The maximum Gasteiger partial charge on any atom is 0.224 e. The highest BCUT2D eigenvalue weighted by Gasteiger charge is 2.30. The summed E-state index contributed by atoms with van der Waals surface area (Å²) in [5.74, 6) is 0.377. The molecule has 136 valence electrons. The Morgan fingerprint density at radius 1 is 1.08 bits per heavy atom. The second-order valence-electron chi connectivity index (χ2n) is 7.22. The third-order valence-corrected chi connectivity index (χ3v) is 5.36. The van der Waals surface area contributed by atoms with Crippen LogP contribution in [0.25, 0.3) is 0 Å². The maximum absolute atomic E-state index is 12.9. The summed E-state index contributed by atoms with van der Waals surface area (Å²) in [5.41, 5.74) is 1.19. The number of carbonyl (C=O) groups is 2. The molecule has 0 radical (unpaired) electrons. The van der Waals surface area contributed by atoms with Crippen molar-refractivity contribution < 1.29 is 9.59 Å². The Morgan fingerprint density at radius 2 is 1.88 bits per heavy atom. The molecule has 2 aliphatic heterocycles. The van der Waals surface area contributed by atoms with Gasteiger partial charge in [0.25, 0.3) is 0 Å². The number of benzene rings is 1. The molecule has 2 fully saturated rings. The molecule has 1 aromatic carbocycles. The van der Waals surface area contributed by atoms with Crippen LogP contribution in [-0.4, -0.2) is 66.3 Å². The van der Waals surface area contributed by atoms with Crippen LogP contribution in [0.3, 0.4) is 0 Å². The zero-order valence-corrected chi connectivity index (χ0v) is 15.2. The molecule has 2 aliphatic rings. The van der Waals surface area contributed by atoms with Crippen molar-refractivity contribution in [1.29, 1.82) is 0 Å². The minimum absolute atomic E-state index is 0.104. The Morgan fingerprint density at radius 3 is 2.68 bits per heavy atom. The fourth-order valence-corrected chi connectivity index (χ4v) is 3.83. The molecule has 0 saturated carbocycles. The van der Waals surface area contributed by atoms with Gasteiger partial charge in [0, 0.05) is 45.6 Å². The molecule has 2 heterocycles. The van der Waals surface area contributed by atoms with Gasteiger partial charge in [0.2, 0.25) is 11.8 Å². The molecule has 1 unspecified atom stereocenters. The van der Waals surface area contributed by atoms with Crippen molar-refractivity contribution in [2.75, 3.05) is 39.8 Å². The standard InChI is InChI=1S/C20H29N3O2/c1-21-14-15-23(18(16-21)17-8-4-2-5-9-17)20(25)11-13-22-12-7-3-6-10-19(22)24/h2,4-5,8-9,18H,3,6-7,10-16H2,1H3. The lowest BCUT2D eigenvalue weighted by Gasteiger charge is -2.40. The van der Waals surface area contributed by atoms with Gasteiger partial charge < -0.3 is 14.7 Å². The summed E-state index contributed by atoms with van der Waals surface area (Å²) in [5, 5.41) is 0. The van der Waals surface area contributed by atoms with E-state index in [1.54, 1.807) is 0 Å². The lowest BCUT2D eigenvalue weighted by atomic mass is 10.0. The molecule has 25 heavy (non-hydrogen) atoms. The molecule has 0 bridgehead atoms. The van der Waals surface area contributed by atoms with Crippen LogP contribution in [0.1, 0.15) is 43.7 Å². The van der Waals surface area contributed by atoms with Crippen molar-refractivity contribution >= 4 is 11.8 Å². The number of hydrogen-bond acceptors (Lipinski definition) is 3. The first kappa shape index (κ1) is 17.9. The van der Waals surface area contributed by atoms with E-state index in [4.69, 9.17) is 0 Å². The highest BCUT2D eigenvalue weighted by atomic mass is 16.2. The summed E-state index contributed by atoms with van der Waals surface area (Å²) in [6, 6.07) is 10.4. The third kappa shape index (κ3) is 4.60. The highest BCUT2D eigenvalue weighted by Crippen LogP contribution is 2.25. The van der Waals surface area contributed by atoms with Gasteiger partial charge in [-0.15, -0.1) is 0 Å². The van der Waals surface area contributed by atoms with Gasteiger partial charge in [-0.1, -0.05) is 36.8 Å². The molecule has 1 aromatic rings. The summed E-state index contributed by atoms with van der Waals surface area (Å²) < 4.78 is 0. The molecular weight excluding hydrogens is 314 g/mol. The molecule has 2 amide bonds. The first-order valence-corrected chi connectivity index (χ1v) is 9.46. The Kier molecular flexibility index (Phi) is 6.08. The number of amides is 2. The van der Waals surface area contributed by atoms with E-state index >= 15 is 0 Å². The molecule has 0 aromatic heterocycles. The number of likely N-dealkylation sites (tertiary alicyclic amines) is 1. The molecule has 0 spiro atoms. The molecule has 2 saturated heterocycles. The van der Waals surface area contributed by atoms with Crippen LogP contribution in [0.5, 0.6) is 0 Å². The number of rotatable bonds is 4. The summed E-state index contributed by atoms with van der Waals surface area (Å²) in [4.78, 5) is 31.2. The van der Waals surface area contributed by atoms with Crippen molar-refractivity contribution in [3.05, 3.63) is 35.9 Å². The zero-order valence-electron chi connectivity index (χ0n) is 15.2. The first-order chi connectivity index (χ1) is 12.1. The summed E-state index contributed by atoms with van der Waals surface area (Å²) in [7, 11) is 2.10. The van der Waals surface area contributed by atoms with Gasteiger partial charge in [0.05, 0.1) is 6.04 Å². The van der Waals surface area contributed by atoms with Crippen LogP contribution in [0.2, 0.25) is 0 Å². The number of nitrogens with zero attached hydrogens (tertiary/aromatic N) is 3. The van der Waals surface area contributed by atoms with Crippen LogP contribution in [0, 0.1) is 0 Å². The molecule has 5 heteroatoms. The van der Waals surface area contributed by atoms with Gasteiger partial charge >= 0.3 is 0 Å². The predicted octanol–water partition coefficient (Wildman–Crippen LogP) is 2.29. The van der Waals surface area contributed by atoms with E-state index in [2.05, 4.69) is 24.1 Å². The van der Waals surface area contributed by atoms with Crippen molar-refractivity contribution in [2.24, 2.45) is 0 Å². The Balaban J connectivity index is 1.63. The molecular formula is C20H29N3O2. The van der Waals surface area contributed by atoms with E-state index < -0.39 is 0 Å². The predicted molar refractivity (Wildman–Crippen MR) is 98.1 cm³/mol. The van der Waals surface area contributed by atoms with Gasteiger partial charge in [0.15, 0.2) is 0 Å². The topological polar surface area (TPSA) is 43.9 Å². The van der Waals surface area contributed by atoms with Crippen LogP contribution in [0.15, 0.2) is 30.3 Å². The minimum Gasteiger partial charge on any atom is -0.342 e. The van der Waals surface area contributed by atoms with E-state index in [1.807, 2.05) is 28.0 Å². The summed E-state index contributed by atoms with van der Waals surface area (Å²) in [6.07, 6.45) is 4.22. The first-order valence-electron chi connectivity index (χ1n) is 9.46. The monoisotopic (exact) mass is 343 g/mol. The summed E-state index contributed by atoms with van der Waals surface area (Å²) in [6.45, 7) is 3.88. The van der Waals surface area contributed by atoms with Crippen LogP contribution < -0.4 is 0 Å². The Bertz CT molecular complexity index is 590. The van der Waals surface area contributed by atoms with Crippen LogP contribution in [-0.2, 0) is 9.59 Å². The molecule has 0 aliphatic carbocycles. The smallest absolute Gasteiger partial charge is 0.224 e. The van der Waals surface area contributed by atoms with E-state index in [9.17, 15) is 9.59 Å². The number of carbonyl (C=O) groups excluding carboxylic acids is 2. The van der Waals surface area contributed by atoms with Crippen LogP contribution in [0.4, 0.5) is 0 Å². The van der Waals surface area contributed by atoms with E-state index in [-0.39, 0.29) is 17.9 Å². The Hall–Kier alpha value is -1.88. The van der Waals surface area contributed by atoms with E-state index in [0.717, 1.165) is 45.4 Å². The lowest BCUT2D eigenvalue weighted by molar-refractivity contribution is -0.137. The molecule has 0 N–H and O–H groups in total. The van der Waals surface area contributed by atoms with Gasteiger partial charge in [-0.2, -0.15) is 0 Å². The fourth-order valence-electron chi connectivity index (χ4n) is 3.83.